The van der Waals surface area contributed by atoms with Crippen LogP contribution < -0.4 is 4.52 Å². The van der Waals surface area contributed by atoms with Gasteiger partial charge in [-0.05, 0) is 39.3 Å². The van der Waals surface area contributed by atoms with Gasteiger partial charge >= 0.3 is 19.5 Å². The monoisotopic (exact) mass is 548 g/mol. The largest absolute Gasteiger partial charge is 0.507 e. The highest BCUT2D eigenvalue weighted by Gasteiger charge is 2.39. The summed E-state index contributed by atoms with van der Waals surface area (Å²) in [5.74, 6) is -0.883. The van der Waals surface area contributed by atoms with Crippen LogP contribution in [0.2, 0.25) is 0 Å². The van der Waals surface area contributed by atoms with Crippen LogP contribution in [-0.2, 0) is 37.6 Å². The first-order chi connectivity index (χ1) is 18.1. The van der Waals surface area contributed by atoms with E-state index in [-0.39, 0.29) is 36.9 Å². The number of aliphatic hydroxyl groups excluding tert-OH is 1. The van der Waals surface area contributed by atoms with E-state index in [1.807, 2.05) is 6.92 Å². The number of carbonyl (C=O) groups is 2. The van der Waals surface area contributed by atoms with Crippen LogP contribution in [0, 0.1) is 5.92 Å². The maximum atomic E-state index is 13.5. The van der Waals surface area contributed by atoms with Gasteiger partial charge in [0.2, 0.25) is 0 Å². The van der Waals surface area contributed by atoms with Crippen molar-refractivity contribution in [3.8, 4) is 5.75 Å². The lowest BCUT2D eigenvalue weighted by Gasteiger charge is -2.25. The molecule has 2 aliphatic rings. The molecular weight excluding hydrogens is 515 g/mol. The number of benzene rings is 1. The Hall–Kier alpha value is -3.33. The van der Waals surface area contributed by atoms with E-state index in [0.717, 1.165) is 5.57 Å². The number of hydrogen-bond acceptors (Lipinski definition) is 10. The highest BCUT2D eigenvalue weighted by Crippen LogP contribution is 2.49. The fraction of sp³-hybridized carbons (Fsp3) is 0.407. The predicted octanol–water partition coefficient (Wildman–Crippen LogP) is 5.34. The fourth-order valence-corrected chi connectivity index (χ4v) is 5.47. The smallest absolute Gasteiger partial charge is 0.405 e. The van der Waals surface area contributed by atoms with Crippen molar-refractivity contribution in [2.24, 2.45) is 5.92 Å². The minimum atomic E-state index is -3.91. The van der Waals surface area contributed by atoms with E-state index in [0.29, 0.717) is 22.7 Å². The Morgan fingerprint density at radius 2 is 1.97 bits per heavy atom. The Bertz CT molecular complexity index is 1210. The van der Waals surface area contributed by atoms with Gasteiger partial charge < -0.3 is 28.6 Å². The zero-order valence-electron chi connectivity index (χ0n) is 22.1. The van der Waals surface area contributed by atoms with Crippen molar-refractivity contribution in [1.29, 1.82) is 0 Å². The molecule has 1 aromatic rings. The molecule has 3 unspecified atom stereocenters. The molecule has 0 amide bonds. The molecule has 0 aromatic heterocycles. The SMILES string of the molecule is CCOC(=O)C(C)OP(=O)(COCC(C)=CCC1=C(OC)C(C)C2=COC(=O)C2=C1O)Oc1ccccc1. The molecule has 1 aliphatic carbocycles. The van der Waals surface area contributed by atoms with E-state index in [9.17, 15) is 19.3 Å². The van der Waals surface area contributed by atoms with Gasteiger partial charge in [0.05, 0.1) is 26.6 Å². The standard InChI is InChI=1S/C27H33O10P/c1-6-34-26(29)19(4)36-38(31,37-20-10-8-7-9-11-20)16-33-14-17(2)12-13-21-24(28)23-22(15-35-27(23)30)18(3)25(21)32-5/h7-12,15,18-19,28H,6,13-14,16H2,1-5H3. The summed E-state index contributed by atoms with van der Waals surface area (Å²) in [5, 5.41) is 10.8. The van der Waals surface area contributed by atoms with Crippen molar-refractivity contribution >= 4 is 19.5 Å². The van der Waals surface area contributed by atoms with E-state index < -0.39 is 32.0 Å². The number of hydrogen-bond donors (Lipinski definition) is 1. The number of cyclic esters (lactones) is 1. The van der Waals surface area contributed by atoms with Crippen molar-refractivity contribution < 1.29 is 47.3 Å². The van der Waals surface area contributed by atoms with Crippen LogP contribution in [0.4, 0.5) is 0 Å². The molecule has 1 aromatic carbocycles. The molecule has 0 bridgehead atoms. The maximum Gasteiger partial charge on any atom is 0.405 e. The van der Waals surface area contributed by atoms with E-state index >= 15 is 0 Å². The second-order valence-corrected chi connectivity index (χ2v) is 10.6. The zero-order valence-corrected chi connectivity index (χ0v) is 23.0. The Kier molecular flexibility index (Phi) is 9.96. The molecule has 3 atom stereocenters. The van der Waals surface area contributed by atoms with Gasteiger partial charge in [0, 0.05) is 17.1 Å². The average molecular weight is 549 g/mol. The molecule has 3 rings (SSSR count). The normalized spacial score (nSPS) is 19.8. The Morgan fingerprint density at radius 3 is 2.63 bits per heavy atom. The summed E-state index contributed by atoms with van der Waals surface area (Å²) < 4.78 is 45.7. The van der Waals surface area contributed by atoms with Gasteiger partial charge in [-0.25, -0.2) is 14.2 Å². The van der Waals surface area contributed by atoms with Crippen molar-refractivity contribution in [3.63, 3.8) is 0 Å². The molecular formula is C27H33O10P. The lowest BCUT2D eigenvalue weighted by atomic mass is 9.83. The lowest BCUT2D eigenvalue weighted by molar-refractivity contribution is -0.150. The van der Waals surface area contributed by atoms with Crippen LogP contribution in [0.1, 0.15) is 34.1 Å². The minimum absolute atomic E-state index is 0.0644. The van der Waals surface area contributed by atoms with Crippen LogP contribution >= 0.6 is 7.60 Å². The number of allylic oxidation sites excluding steroid dienone is 3. The van der Waals surface area contributed by atoms with Gasteiger partial charge in [0.15, 0.2) is 12.5 Å². The third-order valence-electron chi connectivity index (χ3n) is 5.84. The van der Waals surface area contributed by atoms with Crippen LogP contribution in [0.15, 0.2) is 76.5 Å². The number of rotatable bonds is 13. The minimum Gasteiger partial charge on any atom is -0.507 e. The molecule has 0 fully saturated rings. The number of aliphatic hydroxyl groups is 1. The Morgan fingerprint density at radius 1 is 1.26 bits per heavy atom. The third kappa shape index (κ3) is 6.95. The van der Waals surface area contributed by atoms with Crippen LogP contribution in [0.25, 0.3) is 0 Å². The number of methoxy groups -OCH3 is 1. The third-order valence-corrected chi connectivity index (χ3v) is 7.47. The summed E-state index contributed by atoms with van der Waals surface area (Å²) in [4.78, 5) is 24.1. The summed E-state index contributed by atoms with van der Waals surface area (Å²) in [6.45, 7) is 6.97. The number of esters is 2. The van der Waals surface area contributed by atoms with Crippen molar-refractivity contribution in [3.05, 3.63) is 76.5 Å². The topological polar surface area (TPSA) is 127 Å². The van der Waals surface area contributed by atoms with Crippen molar-refractivity contribution in [2.45, 2.75) is 40.2 Å². The first-order valence-electron chi connectivity index (χ1n) is 12.1. The van der Waals surface area contributed by atoms with Crippen LogP contribution in [0.3, 0.4) is 0 Å². The van der Waals surface area contributed by atoms with Gasteiger partial charge in [0.1, 0.15) is 22.8 Å². The highest BCUT2D eigenvalue weighted by molar-refractivity contribution is 7.54. The molecule has 0 radical (unpaired) electrons. The summed E-state index contributed by atoms with van der Waals surface area (Å²) in [5.41, 5.74) is 1.93. The molecule has 0 saturated carbocycles. The molecule has 206 valence electrons. The second kappa shape index (κ2) is 13.0. The van der Waals surface area contributed by atoms with Gasteiger partial charge in [-0.1, -0.05) is 36.8 Å². The molecule has 1 aliphatic heterocycles. The summed E-state index contributed by atoms with van der Waals surface area (Å²) in [7, 11) is -2.41. The van der Waals surface area contributed by atoms with E-state index in [1.54, 1.807) is 50.3 Å². The lowest BCUT2D eigenvalue weighted by Crippen LogP contribution is -2.24. The van der Waals surface area contributed by atoms with Crippen molar-refractivity contribution in [1.82, 2.24) is 0 Å². The first kappa shape index (κ1) is 29.2. The summed E-state index contributed by atoms with van der Waals surface area (Å²) in [6, 6.07) is 8.44. The first-order valence-corrected chi connectivity index (χ1v) is 13.9. The maximum absolute atomic E-state index is 13.5. The number of para-hydroxylation sites is 1. The second-order valence-electron chi connectivity index (χ2n) is 8.72. The summed E-state index contributed by atoms with van der Waals surface area (Å²) in [6.07, 6.45) is 1.85. The van der Waals surface area contributed by atoms with Gasteiger partial charge in [0.25, 0.3) is 0 Å². The van der Waals surface area contributed by atoms with Crippen LogP contribution in [-0.4, -0.2) is 49.8 Å². The van der Waals surface area contributed by atoms with Gasteiger partial charge in [-0.2, -0.15) is 0 Å². The number of ether oxygens (including phenoxy) is 4. The number of carbonyl (C=O) groups excluding carboxylic acids is 2. The molecule has 1 N–H and O–H groups in total. The number of fused-ring (bicyclic) bond motifs is 1. The molecule has 38 heavy (non-hydrogen) atoms. The van der Waals surface area contributed by atoms with Crippen LogP contribution in [0.5, 0.6) is 5.75 Å². The average Bonchev–Trinajstić information content (AvgIpc) is 3.27. The van der Waals surface area contributed by atoms with E-state index in [2.05, 4.69) is 0 Å². The quantitative estimate of drug-likeness (QED) is 0.196. The molecule has 1 heterocycles. The Labute approximate surface area is 222 Å². The predicted molar refractivity (Wildman–Crippen MR) is 138 cm³/mol. The fourth-order valence-electron chi connectivity index (χ4n) is 3.99. The van der Waals surface area contributed by atoms with E-state index in [4.69, 9.17) is 28.0 Å². The van der Waals surface area contributed by atoms with Gasteiger partial charge in [-0.15, -0.1) is 0 Å². The van der Waals surface area contributed by atoms with E-state index in [1.165, 1.54) is 20.3 Å². The summed E-state index contributed by atoms with van der Waals surface area (Å²) >= 11 is 0. The van der Waals surface area contributed by atoms with Crippen molar-refractivity contribution in [2.75, 3.05) is 26.7 Å². The molecule has 0 spiro atoms. The Balaban J connectivity index is 1.69. The highest BCUT2D eigenvalue weighted by atomic mass is 31.2. The van der Waals surface area contributed by atoms with Gasteiger partial charge in [-0.3, -0.25) is 4.52 Å². The molecule has 0 saturated heterocycles. The molecule has 11 heteroatoms. The molecule has 10 nitrogen and oxygen atoms in total. The zero-order chi connectivity index (χ0) is 27.9.